The number of halogens is 1. The Morgan fingerprint density at radius 1 is 1.11 bits per heavy atom. The number of aryl methyl sites for hydroxylation is 1. The van der Waals surface area contributed by atoms with Crippen LogP contribution in [0.2, 0.25) is 0 Å². The summed E-state index contributed by atoms with van der Waals surface area (Å²) < 4.78 is 15.4. The first-order chi connectivity index (χ1) is 9.24. The van der Waals surface area contributed by atoms with Gasteiger partial charge in [0.1, 0.15) is 5.22 Å². The van der Waals surface area contributed by atoms with Crippen LogP contribution < -0.4 is 0 Å². The molecule has 4 heteroatoms. The van der Waals surface area contributed by atoms with Crippen LogP contribution in [-0.4, -0.2) is 10.9 Å². The molecule has 1 aliphatic rings. The van der Waals surface area contributed by atoms with Gasteiger partial charge in [-0.25, -0.2) is 4.39 Å². The molecule has 0 aromatic heterocycles. The van der Waals surface area contributed by atoms with Crippen molar-refractivity contribution in [1.29, 1.82) is 0 Å². The number of rotatable bonds is 2. The highest BCUT2D eigenvalue weighted by atomic mass is 19.1. The molecule has 0 amide bonds. The lowest BCUT2D eigenvalue weighted by atomic mass is 10.1. The third-order valence-corrected chi connectivity index (χ3v) is 3.05. The van der Waals surface area contributed by atoms with Gasteiger partial charge in [0.05, 0.1) is 0 Å². The van der Waals surface area contributed by atoms with Gasteiger partial charge in [-0.05, 0) is 24.6 Å². The van der Waals surface area contributed by atoms with Crippen molar-refractivity contribution in [2.24, 2.45) is 10.3 Å². The summed E-state index contributed by atoms with van der Waals surface area (Å²) in [4.78, 5) is 0. The van der Waals surface area contributed by atoms with E-state index in [2.05, 4.69) is 10.3 Å². The normalized spacial score (nSPS) is 17.6. The van der Waals surface area contributed by atoms with Crippen LogP contribution in [-0.2, 0) is 0 Å². The van der Waals surface area contributed by atoms with Crippen LogP contribution in [0.1, 0.15) is 17.2 Å². The van der Waals surface area contributed by atoms with Crippen molar-refractivity contribution in [3.05, 3.63) is 65.5 Å². The standard InChI is InChI=1S/C15H13FN3/c1-11-7-8-15(13(16)9-11)19-10-14(17-18-19)12-5-3-2-4-6-12/h2-10,14H,1H3/q+1. The predicted octanol–water partition coefficient (Wildman–Crippen LogP) is 3.97. The Morgan fingerprint density at radius 2 is 1.89 bits per heavy atom. The van der Waals surface area contributed by atoms with E-state index in [0.29, 0.717) is 5.69 Å². The van der Waals surface area contributed by atoms with Crippen molar-refractivity contribution in [3.8, 4) is 0 Å². The fraction of sp³-hybridized carbons (Fsp3) is 0.133. The summed E-state index contributed by atoms with van der Waals surface area (Å²) >= 11 is 0. The van der Waals surface area contributed by atoms with Crippen molar-refractivity contribution in [2.75, 3.05) is 0 Å². The second kappa shape index (κ2) is 4.72. The number of hydrogen-bond donors (Lipinski definition) is 0. The van der Waals surface area contributed by atoms with Gasteiger partial charge in [0.2, 0.25) is 6.04 Å². The van der Waals surface area contributed by atoms with Gasteiger partial charge >= 0.3 is 0 Å². The van der Waals surface area contributed by atoms with Crippen LogP contribution in [0.3, 0.4) is 0 Å². The van der Waals surface area contributed by atoms with Crippen LogP contribution in [0.4, 0.5) is 10.1 Å². The molecule has 0 bridgehead atoms. The maximum Gasteiger partial charge on any atom is 0.248 e. The topological polar surface area (TPSA) is 27.7 Å². The summed E-state index contributed by atoms with van der Waals surface area (Å²) in [6.07, 6.45) is 1.81. The lowest BCUT2D eigenvalue weighted by Crippen LogP contribution is -2.01. The monoisotopic (exact) mass is 254 g/mol. The molecule has 94 valence electrons. The molecule has 0 aliphatic carbocycles. The number of nitrogens with zero attached hydrogens (tertiary/aromatic N) is 3. The lowest BCUT2D eigenvalue weighted by molar-refractivity contribution is -0.446. The van der Waals surface area contributed by atoms with Gasteiger partial charge in [-0.2, -0.15) is 0 Å². The average molecular weight is 254 g/mol. The van der Waals surface area contributed by atoms with E-state index in [9.17, 15) is 4.39 Å². The molecule has 1 heterocycles. The molecule has 2 aromatic rings. The van der Waals surface area contributed by atoms with E-state index in [1.807, 2.05) is 49.5 Å². The van der Waals surface area contributed by atoms with Gasteiger partial charge in [-0.1, -0.05) is 41.1 Å². The Kier molecular flexibility index (Phi) is 2.91. The molecule has 1 unspecified atom stereocenters. The Hall–Kier alpha value is -2.36. The van der Waals surface area contributed by atoms with Crippen LogP contribution in [0.25, 0.3) is 0 Å². The molecular weight excluding hydrogens is 241 g/mol. The Labute approximate surface area is 110 Å². The van der Waals surface area contributed by atoms with Crippen molar-refractivity contribution in [3.63, 3.8) is 0 Å². The molecule has 0 fully saturated rings. The molecule has 3 rings (SSSR count). The zero-order chi connectivity index (χ0) is 13.2. The maximum atomic E-state index is 13.9. The third-order valence-electron chi connectivity index (χ3n) is 3.05. The van der Waals surface area contributed by atoms with Crippen LogP contribution in [0, 0.1) is 12.7 Å². The highest BCUT2D eigenvalue weighted by Crippen LogP contribution is 2.25. The Balaban J connectivity index is 1.94. The molecule has 3 nitrogen and oxygen atoms in total. The molecule has 2 aromatic carbocycles. The van der Waals surface area contributed by atoms with Gasteiger partial charge in [0, 0.05) is 10.7 Å². The van der Waals surface area contributed by atoms with Crippen molar-refractivity contribution in [2.45, 2.75) is 13.0 Å². The molecule has 0 saturated heterocycles. The largest absolute Gasteiger partial charge is 0.248 e. The SMILES string of the molecule is Cc1ccc([N+]2=CC(c3ccccc3)N=N2)c(F)c1. The fourth-order valence-electron chi connectivity index (χ4n) is 2.03. The predicted molar refractivity (Wildman–Crippen MR) is 71.2 cm³/mol. The minimum Gasteiger partial charge on any atom is -0.202 e. The fourth-order valence-corrected chi connectivity index (χ4v) is 2.03. The molecule has 1 aliphatic heterocycles. The van der Waals surface area contributed by atoms with Crippen molar-refractivity contribution < 1.29 is 9.07 Å². The van der Waals surface area contributed by atoms with Crippen molar-refractivity contribution >= 4 is 11.9 Å². The van der Waals surface area contributed by atoms with Gasteiger partial charge in [0.15, 0.2) is 17.7 Å². The van der Waals surface area contributed by atoms with E-state index < -0.39 is 0 Å². The van der Waals surface area contributed by atoms with E-state index in [1.54, 1.807) is 6.07 Å². The first-order valence-corrected chi connectivity index (χ1v) is 6.10. The zero-order valence-electron chi connectivity index (χ0n) is 10.5. The van der Waals surface area contributed by atoms with Gasteiger partial charge < -0.3 is 0 Å². The average Bonchev–Trinajstić information content (AvgIpc) is 2.89. The quantitative estimate of drug-likeness (QED) is 0.725. The Morgan fingerprint density at radius 3 is 2.63 bits per heavy atom. The van der Waals surface area contributed by atoms with E-state index >= 15 is 0 Å². The molecule has 0 spiro atoms. The van der Waals surface area contributed by atoms with Gasteiger partial charge in [-0.3, -0.25) is 0 Å². The zero-order valence-corrected chi connectivity index (χ0v) is 10.5. The summed E-state index contributed by atoms with van der Waals surface area (Å²) in [7, 11) is 0. The van der Waals surface area contributed by atoms with E-state index in [4.69, 9.17) is 0 Å². The lowest BCUT2D eigenvalue weighted by Gasteiger charge is -1.98. The van der Waals surface area contributed by atoms with Gasteiger partial charge in [0.25, 0.3) is 0 Å². The summed E-state index contributed by atoms with van der Waals surface area (Å²) in [6, 6.07) is 14.7. The molecule has 1 atom stereocenters. The molecule has 0 saturated carbocycles. The van der Waals surface area contributed by atoms with Crippen LogP contribution in [0.5, 0.6) is 0 Å². The van der Waals surface area contributed by atoms with E-state index in [0.717, 1.165) is 11.1 Å². The Bertz CT molecular complexity index is 662. The second-order valence-corrected chi connectivity index (χ2v) is 4.51. The molecule has 0 N–H and O–H groups in total. The van der Waals surface area contributed by atoms with Crippen LogP contribution >= 0.6 is 0 Å². The first kappa shape index (κ1) is 11.7. The molecule has 19 heavy (non-hydrogen) atoms. The smallest absolute Gasteiger partial charge is 0.202 e. The van der Waals surface area contributed by atoms with E-state index in [1.165, 1.54) is 10.8 Å². The summed E-state index contributed by atoms with van der Waals surface area (Å²) in [6.45, 7) is 1.86. The van der Waals surface area contributed by atoms with Crippen molar-refractivity contribution in [1.82, 2.24) is 0 Å². The maximum absolute atomic E-state index is 13.9. The summed E-state index contributed by atoms with van der Waals surface area (Å²) in [5, 5.41) is 8.17. The minimum atomic E-state index is -0.288. The van der Waals surface area contributed by atoms with Gasteiger partial charge in [-0.15, -0.1) is 0 Å². The first-order valence-electron chi connectivity index (χ1n) is 6.10. The number of benzene rings is 2. The summed E-state index contributed by atoms with van der Waals surface area (Å²) in [5.41, 5.74) is 2.35. The van der Waals surface area contributed by atoms with E-state index in [-0.39, 0.29) is 11.9 Å². The minimum absolute atomic E-state index is 0.151. The molecular formula is C15H13FN3+. The highest BCUT2D eigenvalue weighted by Gasteiger charge is 2.26. The highest BCUT2D eigenvalue weighted by molar-refractivity contribution is 5.65. The molecule has 0 radical (unpaired) electrons. The number of hydrogen-bond acceptors (Lipinski definition) is 2. The summed E-state index contributed by atoms with van der Waals surface area (Å²) in [5.74, 6) is -0.288. The van der Waals surface area contributed by atoms with Crippen LogP contribution in [0.15, 0.2) is 58.9 Å². The third kappa shape index (κ3) is 2.29. The second-order valence-electron chi connectivity index (χ2n) is 4.51.